The summed E-state index contributed by atoms with van der Waals surface area (Å²) in [6.45, 7) is 15.7. The Morgan fingerprint density at radius 2 is 1.70 bits per heavy atom. The first-order valence-corrected chi connectivity index (χ1v) is 18.5. The van der Waals surface area contributed by atoms with Crippen LogP contribution in [-0.4, -0.2) is 90.5 Å². The summed E-state index contributed by atoms with van der Waals surface area (Å²) in [7, 11) is -3.54. The van der Waals surface area contributed by atoms with Crippen LogP contribution >= 0.6 is 0 Å². The van der Waals surface area contributed by atoms with Crippen molar-refractivity contribution in [2.24, 2.45) is 28.6 Å². The smallest absolute Gasteiger partial charge is 0.315 e. The Bertz CT molecular complexity index is 1330. The van der Waals surface area contributed by atoms with E-state index in [1.54, 1.807) is 25.7 Å². The maximum Gasteiger partial charge on any atom is 0.315 e. The van der Waals surface area contributed by atoms with E-state index in [9.17, 15) is 27.6 Å². The molecule has 5 amide bonds. The zero-order chi connectivity index (χ0) is 34.5. The van der Waals surface area contributed by atoms with Crippen molar-refractivity contribution in [1.82, 2.24) is 26.2 Å². The Balaban J connectivity index is 1.52. The van der Waals surface area contributed by atoms with Gasteiger partial charge in [-0.1, -0.05) is 53.9 Å². The summed E-state index contributed by atoms with van der Waals surface area (Å²) in [6.07, 6.45) is 5.74. The Morgan fingerprint density at radius 3 is 2.22 bits per heavy atom. The van der Waals surface area contributed by atoms with Crippen LogP contribution in [0.4, 0.5) is 4.79 Å². The van der Waals surface area contributed by atoms with Crippen LogP contribution in [0.15, 0.2) is 0 Å². The zero-order valence-corrected chi connectivity index (χ0v) is 29.7. The maximum atomic E-state index is 14.3. The van der Waals surface area contributed by atoms with E-state index in [1.165, 1.54) is 0 Å². The first kappa shape index (κ1) is 36.1. The molecule has 0 aromatic heterocycles. The first-order chi connectivity index (χ1) is 21.1. The fourth-order valence-electron chi connectivity index (χ4n) is 7.76. The Labute approximate surface area is 274 Å². The molecule has 2 heterocycles. The molecule has 0 spiro atoms. The van der Waals surface area contributed by atoms with Crippen molar-refractivity contribution in [3.8, 4) is 0 Å². The van der Waals surface area contributed by atoms with Crippen LogP contribution in [0.5, 0.6) is 0 Å². The fraction of sp³-hybridized carbons (Fsp3) is 0.848. The quantitative estimate of drug-likeness (QED) is 0.224. The molecule has 5 N–H and O–H groups in total. The topological polar surface area (TPSA) is 178 Å². The number of hydrogen-bond donors (Lipinski definition) is 5. The largest absolute Gasteiger partial charge is 0.356 e. The molecule has 0 aromatic rings. The van der Waals surface area contributed by atoms with Gasteiger partial charge >= 0.3 is 6.03 Å². The molecule has 0 radical (unpaired) electrons. The van der Waals surface area contributed by atoms with Gasteiger partial charge in [0.25, 0.3) is 0 Å². The highest BCUT2D eigenvalue weighted by Gasteiger charge is 2.69. The average molecular weight is 665 g/mol. The Kier molecular flexibility index (Phi) is 10.00. The number of carbonyl (C=O) groups excluding carboxylic acids is 4. The van der Waals surface area contributed by atoms with Crippen molar-refractivity contribution in [3.05, 3.63) is 0 Å². The normalized spacial score (nSPS) is 28.3. The van der Waals surface area contributed by atoms with E-state index < -0.39 is 49.7 Å². The monoisotopic (exact) mass is 664 g/mol. The van der Waals surface area contributed by atoms with Crippen molar-refractivity contribution in [1.29, 1.82) is 5.41 Å². The van der Waals surface area contributed by atoms with E-state index >= 15 is 0 Å². The van der Waals surface area contributed by atoms with Crippen LogP contribution in [0, 0.1) is 34.0 Å². The number of urea groups is 1. The number of nitrogens with one attached hydrogen (secondary N) is 5. The van der Waals surface area contributed by atoms with Gasteiger partial charge in [-0.15, -0.1) is 0 Å². The predicted octanol–water partition coefficient (Wildman–Crippen LogP) is 2.76. The second-order valence-electron chi connectivity index (χ2n) is 16.8. The molecule has 0 unspecified atom stereocenters. The van der Waals surface area contributed by atoms with Crippen molar-refractivity contribution in [2.45, 2.75) is 129 Å². The van der Waals surface area contributed by atoms with E-state index in [-0.39, 0.29) is 46.6 Å². The van der Waals surface area contributed by atoms with Crippen LogP contribution in [0.1, 0.15) is 100 Å². The second-order valence-corrected chi connectivity index (χ2v) is 19.5. The van der Waals surface area contributed by atoms with Crippen LogP contribution in [0.3, 0.4) is 0 Å². The minimum absolute atomic E-state index is 0.0693. The number of amides is 5. The molecule has 0 aromatic carbocycles. The average Bonchev–Trinajstić information content (AvgIpc) is 3.27. The standard InChI is InChI=1S/C33H56N6O6S/c1-30(2,3)25(37-29(43)38-33(13-10-9-11-14-33)19-46(44,45)31(4,5)6)28(42)39-18-22-23(32(22,7)8)24(39)27(41)36-21(17-34)16-20-12-15-35-26(20)40/h17,20-25,34H,9-16,18-19H2,1-8H3,(H,35,40)(H,36,41)(H2,37,38,43)/t20-,21-,22-,23-,24-,25+/m0/s1. The van der Waals surface area contributed by atoms with Gasteiger partial charge in [-0.2, -0.15) is 0 Å². The van der Waals surface area contributed by atoms with E-state index in [2.05, 4.69) is 35.1 Å². The highest BCUT2D eigenvalue weighted by molar-refractivity contribution is 7.92. The van der Waals surface area contributed by atoms with Crippen molar-refractivity contribution < 1.29 is 27.6 Å². The molecule has 2 saturated heterocycles. The molecule has 2 saturated carbocycles. The molecule has 2 aliphatic heterocycles. The lowest BCUT2D eigenvalue weighted by Crippen LogP contribution is -2.64. The van der Waals surface area contributed by atoms with Crippen LogP contribution < -0.4 is 21.3 Å². The van der Waals surface area contributed by atoms with E-state index in [1.807, 2.05) is 20.8 Å². The summed E-state index contributed by atoms with van der Waals surface area (Å²) < 4.78 is 25.6. The minimum Gasteiger partial charge on any atom is -0.356 e. The van der Waals surface area contributed by atoms with Crippen LogP contribution in [0.25, 0.3) is 0 Å². The molecule has 2 aliphatic carbocycles. The molecule has 0 bridgehead atoms. The molecular formula is C33H56N6O6S. The molecular weight excluding hydrogens is 608 g/mol. The summed E-state index contributed by atoms with van der Waals surface area (Å²) in [5.74, 6) is -1.21. The Morgan fingerprint density at radius 1 is 1.07 bits per heavy atom. The lowest BCUT2D eigenvalue weighted by molar-refractivity contribution is -0.143. The van der Waals surface area contributed by atoms with Crippen molar-refractivity contribution in [3.63, 3.8) is 0 Å². The molecule has 6 atom stereocenters. The number of fused-ring (bicyclic) bond motifs is 1. The predicted molar refractivity (Wildman–Crippen MR) is 177 cm³/mol. The summed E-state index contributed by atoms with van der Waals surface area (Å²) >= 11 is 0. The van der Waals surface area contributed by atoms with Gasteiger partial charge in [0.05, 0.1) is 22.1 Å². The molecule has 4 aliphatic rings. The number of nitrogens with zero attached hydrogens (tertiary/aromatic N) is 1. The molecule has 13 heteroatoms. The van der Waals surface area contributed by atoms with Gasteiger partial charge in [0, 0.05) is 25.2 Å². The van der Waals surface area contributed by atoms with Crippen LogP contribution in [-0.2, 0) is 24.2 Å². The van der Waals surface area contributed by atoms with Crippen LogP contribution in [0.2, 0.25) is 0 Å². The number of likely N-dealkylation sites (tertiary alicyclic amines) is 1. The fourth-order valence-corrected chi connectivity index (χ4v) is 9.28. The molecule has 4 rings (SSSR count). The number of rotatable bonds is 10. The van der Waals surface area contributed by atoms with Crippen molar-refractivity contribution >= 4 is 39.8 Å². The number of sulfone groups is 1. The summed E-state index contributed by atoms with van der Waals surface area (Å²) in [6, 6.07) is -2.99. The highest BCUT2D eigenvalue weighted by atomic mass is 32.2. The third kappa shape index (κ3) is 7.39. The molecule has 12 nitrogen and oxygen atoms in total. The lowest BCUT2D eigenvalue weighted by Gasteiger charge is -2.41. The molecule has 4 fully saturated rings. The summed E-state index contributed by atoms with van der Waals surface area (Å²) in [5.41, 5.74) is -1.79. The van der Waals surface area contributed by atoms with E-state index in [0.29, 0.717) is 38.8 Å². The van der Waals surface area contributed by atoms with Gasteiger partial charge in [0.15, 0.2) is 9.84 Å². The van der Waals surface area contributed by atoms with Gasteiger partial charge in [0.1, 0.15) is 12.1 Å². The van der Waals surface area contributed by atoms with Gasteiger partial charge in [-0.3, -0.25) is 14.4 Å². The van der Waals surface area contributed by atoms with Gasteiger partial charge in [0.2, 0.25) is 17.7 Å². The number of carbonyl (C=O) groups is 4. The third-order valence-corrected chi connectivity index (χ3v) is 13.8. The minimum atomic E-state index is -3.54. The number of hydrogen-bond acceptors (Lipinski definition) is 7. The molecule has 260 valence electrons. The third-order valence-electron chi connectivity index (χ3n) is 11.0. The maximum absolute atomic E-state index is 14.3. The highest BCUT2D eigenvalue weighted by Crippen LogP contribution is 2.65. The van der Waals surface area contributed by atoms with Crippen molar-refractivity contribution in [2.75, 3.05) is 18.8 Å². The summed E-state index contributed by atoms with van der Waals surface area (Å²) in [5, 5.41) is 19.6. The Hall–Kier alpha value is -2.70. The van der Waals surface area contributed by atoms with Gasteiger partial charge < -0.3 is 31.6 Å². The molecule has 46 heavy (non-hydrogen) atoms. The van der Waals surface area contributed by atoms with Gasteiger partial charge in [-0.05, 0) is 69.1 Å². The second kappa shape index (κ2) is 12.7. The summed E-state index contributed by atoms with van der Waals surface area (Å²) in [4.78, 5) is 55.6. The van der Waals surface area contributed by atoms with E-state index in [4.69, 9.17) is 5.41 Å². The zero-order valence-electron chi connectivity index (χ0n) is 28.9. The lowest BCUT2D eigenvalue weighted by atomic mass is 9.83. The van der Waals surface area contributed by atoms with E-state index in [0.717, 1.165) is 25.5 Å². The number of piperidine rings is 1. The first-order valence-electron chi connectivity index (χ1n) is 16.8. The van der Waals surface area contributed by atoms with Gasteiger partial charge in [-0.25, -0.2) is 13.2 Å². The SMILES string of the molecule is CC(C)(C)[C@H](NC(=O)NC1(CS(=O)(=O)C(C)(C)C)CCCCC1)C(=O)N1C[C@H]2[C@@H]([C@H]1C(=O)N[C@H](C=N)C[C@@H]1CCNC1=O)C2(C)C.